The van der Waals surface area contributed by atoms with Crippen molar-refractivity contribution in [1.29, 1.82) is 5.26 Å². The summed E-state index contributed by atoms with van der Waals surface area (Å²) in [6, 6.07) is 15.5. The Balaban J connectivity index is 1.79. The topological polar surface area (TPSA) is 64.3 Å². The molecule has 2 aromatic rings. The van der Waals surface area contributed by atoms with E-state index in [1.54, 1.807) is 0 Å². The van der Waals surface area contributed by atoms with E-state index in [0.717, 1.165) is 11.1 Å². The molecule has 0 bridgehead atoms. The Kier molecular flexibility index (Phi) is 4.29. The number of fused-ring (bicyclic) bond motifs is 1. The zero-order valence-corrected chi connectivity index (χ0v) is 15.5. The third-order valence-electron chi connectivity index (χ3n) is 5.10. The van der Waals surface area contributed by atoms with E-state index in [4.69, 9.17) is 0 Å². The highest BCUT2D eigenvalue weighted by Crippen LogP contribution is 2.51. The van der Waals surface area contributed by atoms with Crippen molar-refractivity contribution < 1.29 is 14.3 Å². The minimum atomic E-state index is -1.58. The van der Waals surface area contributed by atoms with Crippen LogP contribution in [0.1, 0.15) is 29.0 Å². The fourth-order valence-corrected chi connectivity index (χ4v) is 5.00. The maximum atomic E-state index is 13.3. The average Bonchev–Trinajstić information content (AvgIpc) is 3.02. The lowest BCUT2D eigenvalue weighted by Crippen LogP contribution is -2.48. The molecule has 27 heavy (non-hydrogen) atoms. The van der Waals surface area contributed by atoms with Gasteiger partial charge in [0.1, 0.15) is 5.82 Å². The van der Waals surface area contributed by atoms with Crippen molar-refractivity contribution >= 4 is 17.7 Å². The molecule has 1 amide bonds. The molecule has 0 aliphatic carbocycles. The Labute approximate surface area is 160 Å². The Hall–Kier alpha value is -2.62. The molecule has 2 aliphatic heterocycles. The molecule has 0 spiro atoms. The molecule has 1 fully saturated rings. The summed E-state index contributed by atoms with van der Waals surface area (Å²) in [6.07, 6.45) is 0.111. The van der Waals surface area contributed by atoms with Crippen molar-refractivity contribution in [3.05, 3.63) is 81.6 Å². The molecule has 2 heterocycles. The third kappa shape index (κ3) is 2.84. The normalized spacial score (nSPS) is 24.7. The maximum absolute atomic E-state index is 13.3. The Bertz CT molecular complexity index is 979. The van der Waals surface area contributed by atoms with E-state index in [2.05, 4.69) is 6.07 Å². The van der Waals surface area contributed by atoms with Crippen LogP contribution in [-0.2, 0) is 10.5 Å². The molecule has 0 aromatic heterocycles. The third-order valence-corrected chi connectivity index (χ3v) is 6.32. The lowest BCUT2D eigenvalue weighted by Gasteiger charge is -2.38. The van der Waals surface area contributed by atoms with Crippen LogP contribution in [0.5, 0.6) is 0 Å². The Morgan fingerprint density at radius 1 is 1.22 bits per heavy atom. The van der Waals surface area contributed by atoms with Gasteiger partial charge in [0.05, 0.1) is 22.4 Å². The quantitative estimate of drug-likeness (QED) is 0.861. The van der Waals surface area contributed by atoms with Crippen LogP contribution in [0.2, 0.25) is 0 Å². The molecule has 0 saturated carbocycles. The van der Waals surface area contributed by atoms with Gasteiger partial charge in [-0.1, -0.05) is 42.0 Å². The number of nitriles is 1. The first-order valence-corrected chi connectivity index (χ1v) is 9.57. The highest BCUT2D eigenvalue weighted by atomic mass is 32.2. The largest absolute Gasteiger partial charge is 0.366 e. The number of nitrogens with zero attached hydrogens (tertiary/aromatic N) is 2. The summed E-state index contributed by atoms with van der Waals surface area (Å²) < 4.78 is 13.3. The summed E-state index contributed by atoms with van der Waals surface area (Å²) in [5.41, 5.74) is 1.36. The van der Waals surface area contributed by atoms with Crippen LogP contribution in [-0.4, -0.2) is 21.7 Å². The van der Waals surface area contributed by atoms with Gasteiger partial charge in [0.25, 0.3) is 0 Å². The lowest BCUT2D eigenvalue weighted by molar-refractivity contribution is -0.149. The van der Waals surface area contributed by atoms with Gasteiger partial charge in [0.15, 0.2) is 5.72 Å². The summed E-state index contributed by atoms with van der Waals surface area (Å²) in [4.78, 5) is 14.3. The van der Waals surface area contributed by atoms with E-state index in [1.807, 2.05) is 31.2 Å². The number of thioether (sulfide) groups is 1. The van der Waals surface area contributed by atoms with Crippen LogP contribution >= 0.6 is 11.8 Å². The summed E-state index contributed by atoms with van der Waals surface area (Å²) in [7, 11) is 0. The number of rotatable bonds is 2. The first-order chi connectivity index (χ1) is 12.9. The lowest BCUT2D eigenvalue weighted by atomic mass is 9.85. The van der Waals surface area contributed by atoms with Crippen molar-refractivity contribution in [2.75, 3.05) is 5.75 Å². The second-order valence-corrected chi connectivity index (χ2v) is 7.80. The van der Waals surface area contributed by atoms with Gasteiger partial charge in [-0.2, -0.15) is 5.26 Å². The highest BCUT2D eigenvalue weighted by Gasteiger charge is 2.51. The van der Waals surface area contributed by atoms with Crippen molar-refractivity contribution in [2.24, 2.45) is 0 Å². The number of carbonyl (C=O) groups is 1. The smallest absolute Gasteiger partial charge is 0.231 e. The molecular formula is C21H17FN2O2S. The zero-order valence-electron chi connectivity index (χ0n) is 14.6. The SMILES string of the molecule is Cc1ccc(C2CC(=O)N3C(=C2C#N)SCC3(O)c2ccc(F)cc2)cc1. The second-order valence-electron chi connectivity index (χ2n) is 6.84. The number of amides is 1. The van der Waals surface area contributed by atoms with Crippen molar-refractivity contribution in [3.8, 4) is 6.07 Å². The predicted octanol–water partition coefficient (Wildman–Crippen LogP) is 3.78. The molecule has 1 N–H and O–H groups in total. The second kappa shape index (κ2) is 6.52. The number of allylic oxidation sites excluding steroid dienone is 1. The molecule has 2 unspecified atom stereocenters. The number of hydrogen-bond acceptors (Lipinski definition) is 4. The number of aryl methyl sites for hydroxylation is 1. The van der Waals surface area contributed by atoms with Gasteiger partial charge in [0.2, 0.25) is 5.91 Å². The molecule has 136 valence electrons. The fraction of sp³-hybridized carbons (Fsp3) is 0.238. The van der Waals surface area contributed by atoms with Crippen molar-refractivity contribution in [3.63, 3.8) is 0 Å². The van der Waals surface area contributed by atoms with E-state index in [1.165, 1.54) is 40.9 Å². The van der Waals surface area contributed by atoms with Gasteiger partial charge in [-0.15, -0.1) is 11.8 Å². The molecule has 4 rings (SSSR count). The molecule has 2 aliphatic rings. The van der Waals surface area contributed by atoms with E-state index in [9.17, 15) is 19.6 Å². The van der Waals surface area contributed by atoms with Gasteiger partial charge < -0.3 is 5.11 Å². The van der Waals surface area contributed by atoms with Crippen LogP contribution in [0.15, 0.2) is 59.1 Å². The minimum absolute atomic E-state index is 0.111. The molecule has 2 aromatic carbocycles. The predicted molar refractivity (Wildman–Crippen MR) is 101 cm³/mol. The van der Waals surface area contributed by atoms with Gasteiger partial charge in [-0.05, 0) is 24.6 Å². The molecular weight excluding hydrogens is 363 g/mol. The molecule has 0 radical (unpaired) electrons. The average molecular weight is 380 g/mol. The first kappa shape index (κ1) is 17.8. The molecule has 1 saturated heterocycles. The number of hydrogen-bond donors (Lipinski definition) is 1. The van der Waals surface area contributed by atoms with E-state index in [0.29, 0.717) is 16.2 Å². The fourth-order valence-electron chi connectivity index (χ4n) is 3.64. The van der Waals surface area contributed by atoms with Crippen LogP contribution < -0.4 is 0 Å². The number of halogens is 1. The maximum Gasteiger partial charge on any atom is 0.231 e. The van der Waals surface area contributed by atoms with Gasteiger partial charge in [0, 0.05) is 17.9 Å². The number of carbonyl (C=O) groups excluding carboxylic acids is 1. The molecule has 4 nitrogen and oxygen atoms in total. The van der Waals surface area contributed by atoms with Crippen LogP contribution in [0, 0.1) is 24.1 Å². The summed E-state index contributed by atoms with van der Waals surface area (Å²) >= 11 is 1.29. The summed E-state index contributed by atoms with van der Waals surface area (Å²) in [6.45, 7) is 1.98. The van der Waals surface area contributed by atoms with Gasteiger partial charge in [-0.25, -0.2) is 4.39 Å². The van der Waals surface area contributed by atoms with E-state index >= 15 is 0 Å². The monoisotopic (exact) mass is 380 g/mol. The van der Waals surface area contributed by atoms with Crippen molar-refractivity contribution in [1.82, 2.24) is 4.90 Å². The standard InChI is InChI=1S/C21H17FN2O2S/c1-13-2-4-14(5-3-13)17-10-19(25)24-20(18(17)11-23)27-12-21(24,26)15-6-8-16(22)9-7-15/h2-9,17,26H,10,12H2,1H3. The molecule has 2 atom stereocenters. The molecule has 6 heteroatoms. The van der Waals surface area contributed by atoms with Crippen LogP contribution in [0.3, 0.4) is 0 Å². The Morgan fingerprint density at radius 2 is 1.89 bits per heavy atom. The highest BCUT2D eigenvalue weighted by molar-refractivity contribution is 8.03. The number of aliphatic hydroxyl groups is 1. The van der Waals surface area contributed by atoms with Gasteiger partial charge in [-0.3, -0.25) is 9.69 Å². The van der Waals surface area contributed by atoms with E-state index in [-0.39, 0.29) is 24.0 Å². The minimum Gasteiger partial charge on any atom is -0.366 e. The van der Waals surface area contributed by atoms with E-state index < -0.39 is 11.5 Å². The van der Waals surface area contributed by atoms with Crippen molar-refractivity contribution in [2.45, 2.75) is 25.0 Å². The van der Waals surface area contributed by atoms with Crippen LogP contribution in [0.25, 0.3) is 0 Å². The summed E-state index contributed by atoms with van der Waals surface area (Å²) in [5.74, 6) is -0.777. The van der Waals surface area contributed by atoms with Crippen LogP contribution in [0.4, 0.5) is 4.39 Å². The first-order valence-electron chi connectivity index (χ1n) is 8.59. The zero-order chi connectivity index (χ0) is 19.2. The number of benzene rings is 2. The van der Waals surface area contributed by atoms with Gasteiger partial charge >= 0.3 is 0 Å². The summed E-state index contributed by atoms with van der Waals surface area (Å²) in [5, 5.41) is 21.5. The Morgan fingerprint density at radius 3 is 2.52 bits per heavy atom.